The maximum atomic E-state index is 9.53. The number of carbonyl (C=O) groups is 1. The van der Waals surface area contributed by atoms with Gasteiger partial charge >= 0.3 is 0 Å². The third-order valence-corrected chi connectivity index (χ3v) is 1.08. The smallest absolute Gasteiger partial charge is 0.207 e. The molecule has 0 aromatic carbocycles. The number of rotatable bonds is 5. The van der Waals surface area contributed by atoms with Gasteiger partial charge in [0.25, 0.3) is 0 Å². The van der Waals surface area contributed by atoms with Crippen molar-refractivity contribution in [2.75, 3.05) is 20.2 Å². The lowest BCUT2D eigenvalue weighted by Gasteiger charge is -1.94. The second-order valence-electron chi connectivity index (χ2n) is 2.50. The summed E-state index contributed by atoms with van der Waals surface area (Å²) in [5, 5.41) is 2.49. The highest BCUT2D eigenvalue weighted by Gasteiger charge is 1.78. The quantitative estimate of drug-likeness (QED) is 0.524. The molecule has 0 rings (SSSR count). The normalized spacial score (nSPS) is 7.93. The Morgan fingerprint density at radius 2 is 1.86 bits per heavy atom. The van der Waals surface area contributed by atoms with E-state index in [-0.39, 0.29) is 0 Å². The number of hydrogen-bond donors (Lipinski definition) is 2. The number of ether oxygens (including phenoxy) is 1. The Morgan fingerprint density at radius 3 is 2.07 bits per heavy atom. The largest absolute Gasteiger partial charge is 0.382 e. The van der Waals surface area contributed by atoms with Crippen LogP contribution in [0.1, 0.15) is 34.1 Å². The van der Waals surface area contributed by atoms with Crippen LogP contribution in [-0.2, 0) is 9.53 Å². The van der Waals surface area contributed by atoms with E-state index in [0.717, 1.165) is 6.42 Å². The van der Waals surface area contributed by atoms with Gasteiger partial charge in [-0.3, -0.25) is 4.79 Å². The second-order valence-corrected chi connectivity index (χ2v) is 2.50. The molecule has 0 saturated carbocycles. The minimum absolute atomic E-state index is 0.384. The first-order chi connectivity index (χ1) is 6.68. The van der Waals surface area contributed by atoms with Crippen molar-refractivity contribution >= 4 is 6.41 Å². The van der Waals surface area contributed by atoms with E-state index in [1.54, 1.807) is 7.11 Å². The Hall–Kier alpha value is -0.610. The SMILES string of the molecule is CC.COC(C)C.NCCCNC=O. The van der Waals surface area contributed by atoms with Gasteiger partial charge in [-0.2, -0.15) is 0 Å². The third-order valence-electron chi connectivity index (χ3n) is 1.08. The minimum atomic E-state index is 0.384. The molecule has 88 valence electrons. The highest BCUT2D eigenvalue weighted by atomic mass is 16.5. The van der Waals surface area contributed by atoms with Crippen molar-refractivity contribution in [1.82, 2.24) is 5.32 Å². The summed E-state index contributed by atoms with van der Waals surface area (Å²) in [6, 6.07) is 0. The highest BCUT2D eigenvalue weighted by molar-refractivity contribution is 5.45. The standard InChI is InChI=1S/C4H10N2O.C4H10O.C2H6/c5-2-1-3-6-4-7;1-4(2)5-3;1-2/h4H,1-3,5H2,(H,6,7);4H,1-3H3;1-2H3. The zero-order valence-electron chi connectivity index (χ0n) is 10.2. The van der Waals surface area contributed by atoms with Gasteiger partial charge in [-0.1, -0.05) is 13.8 Å². The van der Waals surface area contributed by atoms with Gasteiger partial charge in [0.2, 0.25) is 6.41 Å². The molecule has 0 spiro atoms. The molecule has 0 fully saturated rings. The first kappa shape index (κ1) is 19.0. The van der Waals surface area contributed by atoms with E-state index in [0.29, 0.717) is 25.6 Å². The van der Waals surface area contributed by atoms with E-state index < -0.39 is 0 Å². The molecule has 3 N–H and O–H groups in total. The fourth-order valence-corrected chi connectivity index (χ4v) is 0.263. The van der Waals surface area contributed by atoms with Crippen molar-refractivity contribution in [1.29, 1.82) is 0 Å². The molecule has 0 aliphatic heterocycles. The number of methoxy groups -OCH3 is 1. The third kappa shape index (κ3) is 42.3. The summed E-state index contributed by atoms with van der Waals surface area (Å²) in [6.45, 7) is 9.33. The number of amides is 1. The molecule has 0 radical (unpaired) electrons. The van der Waals surface area contributed by atoms with Crippen LogP contribution in [0.3, 0.4) is 0 Å². The van der Waals surface area contributed by atoms with E-state index in [9.17, 15) is 4.79 Å². The average molecular weight is 206 g/mol. The van der Waals surface area contributed by atoms with E-state index in [4.69, 9.17) is 10.5 Å². The molecule has 0 bridgehead atoms. The van der Waals surface area contributed by atoms with E-state index in [2.05, 4.69) is 5.32 Å². The molecule has 0 heterocycles. The molecule has 0 aliphatic carbocycles. The topological polar surface area (TPSA) is 64.3 Å². The fourth-order valence-electron chi connectivity index (χ4n) is 0.263. The molecule has 4 nitrogen and oxygen atoms in total. The Balaban J connectivity index is -0.000000152. The van der Waals surface area contributed by atoms with Crippen molar-refractivity contribution < 1.29 is 9.53 Å². The van der Waals surface area contributed by atoms with Crippen molar-refractivity contribution in [2.45, 2.75) is 40.2 Å². The van der Waals surface area contributed by atoms with Crippen LogP contribution in [0.2, 0.25) is 0 Å². The lowest BCUT2D eigenvalue weighted by Crippen LogP contribution is -2.15. The molecular formula is C10H26N2O2. The fraction of sp³-hybridized carbons (Fsp3) is 0.900. The monoisotopic (exact) mass is 206 g/mol. The van der Waals surface area contributed by atoms with Crippen LogP contribution in [-0.4, -0.2) is 32.7 Å². The summed E-state index contributed by atoms with van der Waals surface area (Å²) in [6.07, 6.45) is 1.92. The van der Waals surface area contributed by atoms with Gasteiger partial charge in [-0.25, -0.2) is 0 Å². The molecule has 0 unspecified atom stereocenters. The zero-order chi connectivity index (χ0) is 11.8. The van der Waals surface area contributed by atoms with Crippen molar-refractivity contribution in [3.8, 4) is 0 Å². The van der Waals surface area contributed by atoms with Gasteiger partial charge in [0, 0.05) is 13.7 Å². The van der Waals surface area contributed by atoms with Crippen LogP contribution < -0.4 is 11.1 Å². The summed E-state index contributed by atoms with van der Waals surface area (Å²) in [7, 11) is 1.70. The lowest BCUT2D eigenvalue weighted by molar-refractivity contribution is -0.109. The van der Waals surface area contributed by atoms with Gasteiger partial charge < -0.3 is 15.8 Å². The van der Waals surface area contributed by atoms with Crippen LogP contribution in [0.5, 0.6) is 0 Å². The maximum Gasteiger partial charge on any atom is 0.207 e. The first-order valence-corrected chi connectivity index (χ1v) is 5.08. The van der Waals surface area contributed by atoms with Crippen LogP contribution >= 0.6 is 0 Å². The molecule has 0 aromatic heterocycles. The van der Waals surface area contributed by atoms with Crippen molar-refractivity contribution in [2.24, 2.45) is 5.73 Å². The molecule has 4 heteroatoms. The summed E-state index contributed by atoms with van der Waals surface area (Å²) in [5.41, 5.74) is 5.11. The molecule has 0 saturated heterocycles. The van der Waals surface area contributed by atoms with Crippen LogP contribution in [0.25, 0.3) is 0 Å². The van der Waals surface area contributed by atoms with Crippen molar-refractivity contribution in [3.05, 3.63) is 0 Å². The number of nitrogens with two attached hydrogens (primary N) is 1. The van der Waals surface area contributed by atoms with Gasteiger partial charge in [-0.05, 0) is 26.8 Å². The predicted molar refractivity (Wildman–Crippen MR) is 61.2 cm³/mol. The van der Waals surface area contributed by atoms with Crippen molar-refractivity contribution in [3.63, 3.8) is 0 Å². The molecule has 0 atom stereocenters. The lowest BCUT2D eigenvalue weighted by atomic mass is 10.4. The zero-order valence-corrected chi connectivity index (χ0v) is 10.2. The van der Waals surface area contributed by atoms with E-state index in [1.165, 1.54) is 0 Å². The number of nitrogens with one attached hydrogen (secondary N) is 1. The Labute approximate surface area is 88.2 Å². The molecule has 0 aliphatic rings. The first-order valence-electron chi connectivity index (χ1n) is 5.08. The maximum absolute atomic E-state index is 9.53. The predicted octanol–water partition coefficient (Wildman–Crippen LogP) is 1.15. The molecular weight excluding hydrogens is 180 g/mol. The van der Waals surface area contributed by atoms with Gasteiger partial charge in [0.15, 0.2) is 0 Å². The second kappa shape index (κ2) is 22.8. The van der Waals surface area contributed by atoms with Gasteiger partial charge in [-0.15, -0.1) is 0 Å². The number of hydrogen-bond acceptors (Lipinski definition) is 3. The molecule has 14 heavy (non-hydrogen) atoms. The highest BCUT2D eigenvalue weighted by Crippen LogP contribution is 1.77. The summed E-state index contributed by atoms with van der Waals surface area (Å²) < 4.78 is 4.75. The van der Waals surface area contributed by atoms with Crippen LogP contribution in [0.15, 0.2) is 0 Å². The molecule has 0 aromatic rings. The average Bonchev–Trinajstić information content (AvgIpc) is 2.22. The van der Waals surface area contributed by atoms with E-state index in [1.807, 2.05) is 27.7 Å². The Kier molecular flexibility index (Phi) is 31.1. The summed E-state index contributed by atoms with van der Waals surface area (Å²) >= 11 is 0. The summed E-state index contributed by atoms with van der Waals surface area (Å²) in [5.74, 6) is 0. The summed E-state index contributed by atoms with van der Waals surface area (Å²) in [4.78, 5) is 9.53. The van der Waals surface area contributed by atoms with E-state index >= 15 is 0 Å². The Bertz CT molecular complexity index is 88.2. The molecule has 1 amide bonds. The van der Waals surface area contributed by atoms with Gasteiger partial charge in [0.05, 0.1) is 6.10 Å². The van der Waals surface area contributed by atoms with Crippen LogP contribution in [0, 0.1) is 0 Å². The minimum Gasteiger partial charge on any atom is -0.382 e. The Morgan fingerprint density at radius 1 is 1.43 bits per heavy atom. The van der Waals surface area contributed by atoms with Gasteiger partial charge in [0.1, 0.15) is 0 Å². The van der Waals surface area contributed by atoms with Crippen LogP contribution in [0.4, 0.5) is 0 Å². The number of carbonyl (C=O) groups excluding carboxylic acids is 1.